The third-order valence-corrected chi connectivity index (χ3v) is 13.4. The molecule has 7 aromatic rings. The van der Waals surface area contributed by atoms with Gasteiger partial charge in [0.1, 0.15) is 48.8 Å². The van der Waals surface area contributed by atoms with Crippen LogP contribution in [0.25, 0.3) is 0 Å². The summed E-state index contributed by atoms with van der Waals surface area (Å²) in [5.41, 5.74) is 6.95. The Bertz CT molecular complexity index is 2670. The predicted molar refractivity (Wildman–Crippen MR) is 290 cm³/mol. The van der Waals surface area contributed by atoms with E-state index in [-0.39, 0.29) is 46.2 Å². The van der Waals surface area contributed by atoms with Crippen LogP contribution >= 0.6 is 0 Å². The molecule has 2 aliphatic rings. The van der Waals surface area contributed by atoms with Crippen molar-refractivity contribution in [3.8, 4) is 0 Å². The molecule has 2 heterocycles. The van der Waals surface area contributed by atoms with Crippen LogP contribution in [-0.2, 0) is 98.4 Å². The van der Waals surface area contributed by atoms with Gasteiger partial charge >= 0.3 is 0 Å². The fraction of sp³-hybridized carbons (Fsp3) is 0.323. The van der Waals surface area contributed by atoms with Crippen molar-refractivity contribution in [1.29, 1.82) is 0 Å². The minimum absolute atomic E-state index is 0.0349. The minimum atomic E-state index is -1.02. The van der Waals surface area contributed by atoms with Crippen molar-refractivity contribution in [2.75, 3.05) is 13.2 Å². The molecule has 2 fully saturated rings. The SMILES string of the molecule is C=CC(C)OC1OC(COC2OC(COCc3ccccc3)C(OCc3ccccc3)C(OCc3ccccc3)C2OCc2ccccc2)C(OCc2ccccc2)C(OCc2ccccc2)C1OCc1ccccc1. The van der Waals surface area contributed by atoms with Crippen molar-refractivity contribution in [2.45, 2.75) is 121 Å². The topological polar surface area (TPSA) is 102 Å². The Hall–Kier alpha value is -6.16. The van der Waals surface area contributed by atoms with Gasteiger partial charge in [-0.1, -0.05) is 218 Å². The average molecular weight is 1030 g/mol. The van der Waals surface area contributed by atoms with Crippen LogP contribution < -0.4 is 0 Å². The molecule has 11 heteroatoms. The maximum Gasteiger partial charge on any atom is 0.187 e. The summed E-state index contributed by atoms with van der Waals surface area (Å²) in [5, 5.41) is 0. The number of benzene rings is 7. The maximum absolute atomic E-state index is 7.14. The highest BCUT2D eigenvalue weighted by molar-refractivity contribution is 5.19. The summed E-state index contributed by atoms with van der Waals surface area (Å²) in [6, 6.07) is 70.4. The van der Waals surface area contributed by atoms with Crippen LogP contribution in [-0.4, -0.2) is 80.7 Å². The lowest BCUT2D eigenvalue weighted by Gasteiger charge is -2.48. The van der Waals surface area contributed by atoms with Gasteiger partial charge < -0.3 is 52.1 Å². The van der Waals surface area contributed by atoms with E-state index in [0.717, 1.165) is 38.9 Å². The second kappa shape index (κ2) is 29.4. The van der Waals surface area contributed by atoms with Gasteiger partial charge in [0.05, 0.1) is 65.6 Å². The molecule has 7 aromatic carbocycles. The monoisotopic (exact) mass is 1030 g/mol. The maximum atomic E-state index is 7.14. The molecule has 76 heavy (non-hydrogen) atoms. The van der Waals surface area contributed by atoms with Crippen LogP contribution in [0.15, 0.2) is 225 Å². The Balaban J connectivity index is 1.07. The molecule has 9 rings (SSSR count). The Morgan fingerprint density at radius 1 is 0.342 bits per heavy atom. The highest BCUT2D eigenvalue weighted by Crippen LogP contribution is 2.35. The van der Waals surface area contributed by atoms with E-state index in [1.54, 1.807) is 6.08 Å². The second-order valence-electron chi connectivity index (χ2n) is 19.1. The Morgan fingerprint density at radius 3 is 0.961 bits per heavy atom. The highest BCUT2D eigenvalue weighted by Gasteiger charge is 2.52. The van der Waals surface area contributed by atoms with Gasteiger partial charge in [-0.05, 0) is 45.9 Å². The number of ether oxygens (including phenoxy) is 11. The molecule has 2 saturated heterocycles. The van der Waals surface area contributed by atoms with Gasteiger partial charge in [0, 0.05) is 0 Å². The van der Waals surface area contributed by atoms with E-state index in [1.165, 1.54) is 0 Å². The van der Waals surface area contributed by atoms with Crippen molar-refractivity contribution < 1.29 is 52.1 Å². The van der Waals surface area contributed by atoms with E-state index in [2.05, 4.69) is 6.58 Å². The molecule has 0 bridgehead atoms. The van der Waals surface area contributed by atoms with Gasteiger partial charge in [0.15, 0.2) is 12.6 Å². The van der Waals surface area contributed by atoms with Crippen molar-refractivity contribution >= 4 is 0 Å². The van der Waals surface area contributed by atoms with Crippen LogP contribution in [0.2, 0.25) is 0 Å². The second-order valence-corrected chi connectivity index (χ2v) is 19.1. The van der Waals surface area contributed by atoms with E-state index in [1.807, 2.05) is 219 Å². The zero-order valence-electron chi connectivity index (χ0n) is 43.2. The van der Waals surface area contributed by atoms with Crippen molar-refractivity contribution in [3.05, 3.63) is 264 Å². The first-order chi connectivity index (χ1) is 37.6. The van der Waals surface area contributed by atoms with E-state index in [4.69, 9.17) is 52.1 Å². The molecule has 11 nitrogen and oxygen atoms in total. The van der Waals surface area contributed by atoms with Gasteiger partial charge in [0.2, 0.25) is 0 Å². The molecule has 11 atom stereocenters. The van der Waals surface area contributed by atoms with Gasteiger partial charge in [-0.15, -0.1) is 6.58 Å². The van der Waals surface area contributed by atoms with Crippen LogP contribution in [0.3, 0.4) is 0 Å². The molecule has 396 valence electrons. The van der Waals surface area contributed by atoms with Crippen LogP contribution in [0.1, 0.15) is 45.9 Å². The van der Waals surface area contributed by atoms with E-state index >= 15 is 0 Å². The largest absolute Gasteiger partial charge is 0.374 e. The summed E-state index contributed by atoms with van der Waals surface area (Å²) in [7, 11) is 0. The fourth-order valence-corrected chi connectivity index (χ4v) is 9.33. The third-order valence-electron chi connectivity index (χ3n) is 13.4. The highest BCUT2D eigenvalue weighted by atomic mass is 16.8. The molecule has 0 spiro atoms. The van der Waals surface area contributed by atoms with E-state index in [9.17, 15) is 0 Å². The fourth-order valence-electron chi connectivity index (χ4n) is 9.33. The number of hydrogen-bond acceptors (Lipinski definition) is 11. The molecule has 0 saturated carbocycles. The van der Waals surface area contributed by atoms with E-state index in [0.29, 0.717) is 13.2 Å². The summed E-state index contributed by atoms with van der Waals surface area (Å²) >= 11 is 0. The van der Waals surface area contributed by atoms with Crippen LogP contribution in [0.5, 0.6) is 0 Å². The normalized spacial score (nSPS) is 23.9. The van der Waals surface area contributed by atoms with Crippen LogP contribution in [0.4, 0.5) is 0 Å². The van der Waals surface area contributed by atoms with Gasteiger partial charge in [0.25, 0.3) is 0 Å². The molecule has 0 N–H and O–H groups in total. The summed E-state index contributed by atoms with van der Waals surface area (Å²) in [4.78, 5) is 0. The summed E-state index contributed by atoms with van der Waals surface area (Å²) in [6.07, 6.45) is -6.49. The molecule has 0 aromatic heterocycles. The van der Waals surface area contributed by atoms with Gasteiger partial charge in [-0.25, -0.2) is 0 Å². The molecule has 2 aliphatic heterocycles. The molecule has 0 amide bonds. The molecular weight excluding hydrogens is 957 g/mol. The Morgan fingerprint density at radius 2 is 0.618 bits per heavy atom. The lowest BCUT2D eigenvalue weighted by atomic mass is 9.96. The molecule has 11 unspecified atom stereocenters. The zero-order chi connectivity index (χ0) is 52.0. The van der Waals surface area contributed by atoms with Crippen LogP contribution in [0, 0.1) is 0 Å². The summed E-state index contributed by atoms with van der Waals surface area (Å²) < 4.78 is 76.4. The third kappa shape index (κ3) is 16.2. The van der Waals surface area contributed by atoms with Crippen molar-refractivity contribution in [2.24, 2.45) is 0 Å². The summed E-state index contributed by atoms with van der Waals surface area (Å²) in [5.74, 6) is 0. The molecule has 0 radical (unpaired) electrons. The Kier molecular flexibility index (Phi) is 21.1. The summed E-state index contributed by atoms with van der Waals surface area (Å²) in [6.45, 7) is 8.08. The lowest BCUT2D eigenvalue weighted by Crippen LogP contribution is -2.64. The minimum Gasteiger partial charge on any atom is -0.374 e. The first-order valence-electron chi connectivity index (χ1n) is 26.3. The van der Waals surface area contributed by atoms with Crippen molar-refractivity contribution in [1.82, 2.24) is 0 Å². The molecular formula is C65H70O11. The first-order valence-corrected chi connectivity index (χ1v) is 26.3. The quantitative estimate of drug-likeness (QED) is 0.0438. The Labute approximate surface area is 448 Å². The molecule has 0 aliphatic carbocycles. The van der Waals surface area contributed by atoms with Gasteiger partial charge in [-0.2, -0.15) is 0 Å². The first kappa shape index (κ1) is 54.6. The number of rotatable bonds is 28. The predicted octanol–water partition coefficient (Wildman–Crippen LogP) is 11.8. The standard InChI is InChI=1S/C65H70O11/c1-3-48(2)74-65-63(72-45-55-37-23-10-24-38-55)61(70-43-53-33-19-8-20-34-53)59(68-41-51-29-15-6-16-30-51)57(76-65)47-73-64-62(71-44-54-35-21-9-22-36-54)60(69-42-52-31-17-7-18-32-52)58(67-40-50-27-13-5-14-28-50)56(75-64)46-66-39-49-25-11-4-12-26-49/h3-38,48,56-65H,1,39-47H2,2H3. The number of hydrogen-bond donors (Lipinski definition) is 0. The average Bonchev–Trinajstić information content (AvgIpc) is 3.49. The van der Waals surface area contributed by atoms with E-state index < -0.39 is 67.5 Å². The smallest absolute Gasteiger partial charge is 0.187 e. The van der Waals surface area contributed by atoms with Gasteiger partial charge in [-0.3, -0.25) is 0 Å². The van der Waals surface area contributed by atoms with Crippen molar-refractivity contribution in [3.63, 3.8) is 0 Å². The lowest BCUT2D eigenvalue weighted by molar-refractivity contribution is -0.355. The zero-order valence-corrected chi connectivity index (χ0v) is 43.2.